The van der Waals surface area contributed by atoms with Gasteiger partial charge in [-0.25, -0.2) is 4.39 Å². The monoisotopic (exact) mass is 495 g/mol. The Bertz CT molecular complexity index is 1280. The average molecular weight is 496 g/mol. The maximum Gasteiger partial charge on any atom is 0.262 e. The molecule has 1 N–H and O–H groups in total. The number of benzene rings is 2. The van der Waals surface area contributed by atoms with Crippen molar-refractivity contribution in [1.29, 1.82) is 0 Å². The summed E-state index contributed by atoms with van der Waals surface area (Å²) in [5, 5.41) is 7.21. The van der Waals surface area contributed by atoms with Crippen LogP contribution in [0.2, 0.25) is 5.02 Å². The second kappa shape index (κ2) is 9.00. The standard InChI is InChI=1S/C26H27ClFN5O2/c1-15(2)33-22(11-24(30-33)29-14-34)16-7-8-21(23(10-16)32-12-17-9-18(17)13-32)31(3)26(35)25-19(27)5-4-6-20(25)28/h4-8,10-11,14-15,17-18H,9,12-13H2,1-3H3,(H,29,30,34). The van der Waals surface area contributed by atoms with Crippen LogP contribution in [0.15, 0.2) is 42.5 Å². The van der Waals surface area contributed by atoms with Crippen molar-refractivity contribution in [3.05, 3.63) is 58.9 Å². The highest BCUT2D eigenvalue weighted by Gasteiger charge is 2.45. The first-order chi connectivity index (χ1) is 16.8. The summed E-state index contributed by atoms with van der Waals surface area (Å²) in [6.45, 7) is 5.89. The molecular formula is C26H27ClFN5O2. The third-order valence-corrected chi connectivity index (χ3v) is 7.18. The molecule has 0 bridgehead atoms. The van der Waals surface area contributed by atoms with Crippen LogP contribution in [0.4, 0.5) is 21.6 Å². The molecule has 182 valence electrons. The first-order valence-corrected chi connectivity index (χ1v) is 12.1. The molecule has 2 aromatic carbocycles. The molecule has 9 heteroatoms. The van der Waals surface area contributed by atoms with Crippen LogP contribution in [-0.2, 0) is 4.79 Å². The number of hydrogen-bond acceptors (Lipinski definition) is 4. The minimum absolute atomic E-state index is 0.0715. The number of halogens is 2. The fourth-order valence-corrected chi connectivity index (χ4v) is 5.17. The second-order valence-electron chi connectivity index (χ2n) is 9.54. The van der Waals surface area contributed by atoms with E-state index >= 15 is 0 Å². The number of rotatable bonds is 7. The molecule has 3 aromatic rings. The van der Waals surface area contributed by atoms with E-state index in [4.69, 9.17) is 11.6 Å². The van der Waals surface area contributed by atoms with Gasteiger partial charge in [-0.2, -0.15) is 5.10 Å². The van der Waals surface area contributed by atoms with Crippen molar-refractivity contribution in [2.45, 2.75) is 26.3 Å². The van der Waals surface area contributed by atoms with Crippen LogP contribution in [0.5, 0.6) is 0 Å². The van der Waals surface area contributed by atoms with Gasteiger partial charge >= 0.3 is 0 Å². The zero-order valence-electron chi connectivity index (χ0n) is 19.8. The van der Waals surface area contributed by atoms with Crippen LogP contribution in [0.25, 0.3) is 11.3 Å². The highest BCUT2D eigenvalue weighted by Crippen LogP contribution is 2.48. The number of anilines is 3. The smallest absolute Gasteiger partial charge is 0.262 e. The summed E-state index contributed by atoms with van der Waals surface area (Å²) in [7, 11) is 1.64. The van der Waals surface area contributed by atoms with E-state index < -0.39 is 11.7 Å². The molecule has 2 atom stereocenters. The minimum Gasteiger partial charge on any atom is -0.369 e. The molecule has 2 aliphatic rings. The van der Waals surface area contributed by atoms with Crippen molar-refractivity contribution >= 4 is 41.1 Å². The summed E-state index contributed by atoms with van der Waals surface area (Å²) >= 11 is 6.19. The van der Waals surface area contributed by atoms with Crippen LogP contribution in [0.1, 0.15) is 36.7 Å². The first-order valence-electron chi connectivity index (χ1n) is 11.7. The summed E-state index contributed by atoms with van der Waals surface area (Å²) in [6.07, 6.45) is 1.85. The van der Waals surface area contributed by atoms with Gasteiger partial charge in [-0.1, -0.05) is 23.7 Å². The summed E-state index contributed by atoms with van der Waals surface area (Å²) in [5.74, 6) is 0.677. The van der Waals surface area contributed by atoms with Crippen molar-refractivity contribution in [2.24, 2.45) is 11.8 Å². The van der Waals surface area contributed by atoms with Gasteiger partial charge in [0.25, 0.3) is 5.91 Å². The molecule has 2 amide bonds. The number of nitrogens with zero attached hydrogens (tertiary/aromatic N) is 4. The molecule has 2 unspecified atom stereocenters. The van der Waals surface area contributed by atoms with Crippen LogP contribution >= 0.6 is 11.6 Å². The minimum atomic E-state index is -0.647. The molecule has 5 rings (SSSR count). The number of carbonyl (C=O) groups excluding carboxylic acids is 2. The normalized spacial score (nSPS) is 18.5. The second-order valence-corrected chi connectivity index (χ2v) is 9.95. The summed E-state index contributed by atoms with van der Waals surface area (Å²) in [5.41, 5.74) is 3.21. The molecule has 1 aliphatic heterocycles. The molecule has 1 aromatic heterocycles. The lowest BCUT2D eigenvalue weighted by atomic mass is 10.1. The number of carbonyl (C=O) groups is 2. The predicted octanol–water partition coefficient (Wildman–Crippen LogP) is 5.22. The fraction of sp³-hybridized carbons (Fsp3) is 0.346. The number of aromatic nitrogens is 2. The lowest BCUT2D eigenvalue weighted by molar-refractivity contribution is -0.105. The van der Waals surface area contributed by atoms with Gasteiger partial charge in [-0.3, -0.25) is 14.3 Å². The Kier molecular flexibility index (Phi) is 6.01. The zero-order chi connectivity index (χ0) is 24.9. The Morgan fingerprint density at radius 3 is 2.63 bits per heavy atom. The van der Waals surface area contributed by atoms with E-state index in [1.165, 1.54) is 29.5 Å². The van der Waals surface area contributed by atoms with Crippen LogP contribution < -0.4 is 15.1 Å². The average Bonchev–Trinajstić information content (AvgIpc) is 3.23. The molecule has 1 saturated heterocycles. The number of fused-ring (bicyclic) bond motifs is 1. The molecule has 2 fully saturated rings. The van der Waals surface area contributed by atoms with Gasteiger partial charge in [0.1, 0.15) is 5.82 Å². The van der Waals surface area contributed by atoms with E-state index in [2.05, 4.69) is 15.3 Å². The number of hydrogen-bond donors (Lipinski definition) is 1. The van der Waals surface area contributed by atoms with E-state index in [1.807, 2.05) is 42.8 Å². The summed E-state index contributed by atoms with van der Waals surface area (Å²) in [6, 6.07) is 12.0. The fourth-order valence-electron chi connectivity index (χ4n) is 4.93. The third-order valence-electron chi connectivity index (χ3n) is 6.86. The maximum atomic E-state index is 14.5. The highest BCUT2D eigenvalue weighted by molar-refractivity contribution is 6.34. The molecular weight excluding hydrogens is 469 g/mol. The lowest BCUT2D eigenvalue weighted by Crippen LogP contribution is -2.31. The van der Waals surface area contributed by atoms with Gasteiger partial charge in [-0.15, -0.1) is 0 Å². The van der Waals surface area contributed by atoms with E-state index in [0.717, 1.165) is 30.0 Å². The van der Waals surface area contributed by atoms with E-state index in [1.54, 1.807) is 7.05 Å². The van der Waals surface area contributed by atoms with Crippen molar-refractivity contribution in [3.8, 4) is 11.3 Å². The van der Waals surface area contributed by atoms with Crippen molar-refractivity contribution < 1.29 is 14.0 Å². The number of piperidine rings is 1. The SMILES string of the molecule is CC(C)n1nc(NC=O)cc1-c1ccc(N(C)C(=O)c2c(F)cccc2Cl)c(N2CC3CC3C2)c1. The van der Waals surface area contributed by atoms with Gasteiger partial charge in [0.15, 0.2) is 5.82 Å². The van der Waals surface area contributed by atoms with E-state index in [-0.39, 0.29) is 16.6 Å². The highest BCUT2D eigenvalue weighted by atomic mass is 35.5. The summed E-state index contributed by atoms with van der Waals surface area (Å²) < 4.78 is 16.4. The molecule has 7 nitrogen and oxygen atoms in total. The van der Waals surface area contributed by atoms with Gasteiger partial charge < -0.3 is 15.1 Å². The maximum absolute atomic E-state index is 14.5. The van der Waals surface area contributed by atoms with E-state index in [9.17, 15) is 14.0 Å². The molecule has 1 saturated carbocycles. The molecule has 35 heavy (non-hydrogen) atoms. The lowest BCUT2D eigenvalue weighted by Gasteiger charge is -2.29. The Labute approximate surface area is 208 Å². The van der Waals surface area contributed by atoms with Crippen LogP contribution in [-0.4, -0.2) is 42.2 Å². The van der Waals surface area contributed by atoms with Gasteiger partial charge in [0.05, 0.1) is 27.7 Å². The topological polar surface area (TPSA) is 70.5 Å². The number of nitrogens with one attached hydrogen (secondary N) is 1. The largest absolute Gasteiger partial charge is 0.369 e. The molecule has 2 heterocycles. The molecule has 0 radical (unpaired) electrons. The molecule has 0 spiro atoms. The Morgan fingerprint density at radius 2 is 1.97 bits per heavy atom. The summed E-state index contributed by atoms with van der Waals surface area (Å²) in [4.78, 5) is 28.1. The predicted molar refractivity (Wildman–Crippen MR) is 136 cm³/mol. The van der Waals surface area contributed by atoms with Gasteiger partial charge in [0, 0.05) is 37.8 Å². The van der Waals surface area contributed by atoms with Gasteiger partial charge in [-0.05, 0) is 56.4 Å². The van der Waals surface area contributed by atoms with Crippen molar-refractivity contribution in [2.75, 3.05) is 35.3 Å². The quantitative estimate of drug-likeness (QED) is 0.456. The number of amides is 2. The van der Waals surface area contributed by atoms with Gasteiger partial charge in [0.2, 0.25) is 6.41 Å². The Balaban J connectivity index is 1.58. The van der Waals surface area contributed by atoms with Crippen molar-refractivity contribution in [3.63, 3.8) is 0 Å². The van der Waals surface area contributed by atoms with Crippen LogP contribution in [0.3, 0.4) is 0 Å². The Hall–Kier alpha value is -3.39. The molecule has 1 aliphatic carbocycles. The third kappa shape index (κ3) is 4.27. The Morgan fingerprint density at radius 1 is 1.23 bits per heavy atom. The zero-order valence-corrected chi connectivity index (χ0v) is 20.6. The first kappa shape index (κ1) is 23.4. The van der Waals surface area contributed by atoms with Crippen molar-refractivity contribution in [1.82, 2.24) is 9.78 Å². The van der Waals surface area contributed by atoms with Crippen LogP contribution in [0, 0.1) is 17.7 Å². The van der Waals surface area contributed by atoms with E-state index in [0.29, 0.717) is 29.8 Å².